The van der Waals surface area contributed by atoms with Crippen LogP contribution < -0.4 is 10.6 Å². The highest BCUT2D eigenvalue weighted by molar-refractivity contribution is 5.92. The monoisotopic (exact) mass is 452 g/mol. The number of carbonyl (C=O) groups excluding carboxylic acids is 3. The van der Waals surface area contributed by atoms with Gasteiger partial charge in [-0.3, -0.25) is 9.59 Å². The lowest BCUT2D eigenvalue weighted by molar-refractivity contribution is -0.168. The number of ether oxygens (including phenoxy) is 3. The third-order valence-electron chi connectivity index (χ3n) is 4.95. The lowest BCUT2D eigenvalue weighted by Gasteiger charge is -2.26. The van der Waals surface area contributed by atoms with Crippen LogP contribution in [0.4, 0.5) is 9.18 Å². The van der Waals surface area contributed by atoms with Crippen LogP contribution in [0.25, 0.3) is 0 Å². The third-order valence-corrected chi connectivity index (χ3v) is 4.95. The second-order valence-corrected chi connectivity index (χ2v) is 8.18. The number of hydrogen-bond donors (Lipinski definition) is 2. The van der Waals surface area contributed by atoms with Crippen LogP contribution in [0, 0.1) is 5.92 Å². The van der Waals surface area contributed by atoms with E-state index in [9.17, 15) is 18.8 Å². The number of benzene rings is 1. The van der Waals surface area contributed by atoms with Crippen molar-refractivity contribution in [3.05, 3.63) is 35.9 Å². The Labute approximate surface area is 188 Å². The predicted molar refractivity (Wildman–Crippen MR) is 115 cm³/mol. The van der Waals surface area contributed by atoms with Crippen molar-refractivity contribution >= 4 is 17.8 Å². The highest BCUT2D eigenvalue weighted by Crippen LogP contribution is 2.14. The van der Waals surface area contributed by atoms with Gasteiger partial charge in [-0.1, -0.05) is 44.2 Å². The average molecular weight is 453 g/mol. The molecular formula is C23H33FN2O6. The van der Waals surface area contributed by atoms with Crippen LogP contribution in [0.1, 0.15) is 45.1 Å². The molecule has 3 atom stereocenters. The van der Waals surface area contributed by atoms with E-state index in [0.29, 0.717) is 19.4 Å². The molecule has 2 N–H and O–H groups in total. The van der Waals surface area contributed by atoms with E-state index in [2.05, 4.69) is 10.6 Å². The van der Waals surface area contributed by atoms with Crippen molar-refractivity contribution in [2.75, 3.05) is 19.9 Å². The Kier molecular flexibility index (Phi) is 11.1. The van der Waals surface area contributed by atoms with Gasteiger partial charge < -0.3 is 24.8 Å². The van der Waals surface area contributed by atoms with Crippen molar-refractivity contribution in [2.24, 2.45) is 5.92 Å². The first-order chi connectivity index (χ1) is 15.4. The summed E-state index contributed by atoms with van der Waals surface area (Å²) >= 11 is 0. The van der Waals surface area contributed by atoms with Crippen molar-refractivity contribution in [1.82, 2.24) is 10.6 Å². The molecule has 1 fully saturated rings. The smallest absolute Gasteiger partial charge is 0.408 e. The summed E-state index contributed by atoms with van der Waals surface area (Å²) in [5.74, 6) is -1.33. The number of alkyl carbamates (subject to hydrolysis) is 1. The summed E-state index contributed by atoms with van der Waals surface area (Å²) < 4.78 is 29.3. The molecule has 178 valence electrons. The Morgan fingerprint density at radius 2 is 1.88 bits per heavy atom. The molecule has 1 aliphatic heterocycles. The van der Waals surface area contributed by atoms with Crippen LogP contribution in [0.3, 0.4) is 0 Å². The van der Waals surface area contributed by atoms with Crippen LogP contribution in [0.5, 0.6) is 0 Å². The van der Waals surface area contributed by atoms with Gasteiger partial charge >= 0.3 is 6.09 Å². The molecule has 0 radical (unpaired) electrons. The lowest BCUT2D eigenvalue weighted by Crippen LogP contribution is -2.54. The fraction of sp³-hybridized carbons (Fsp3) is 0.609. The Morgan fingerprint density at radius 1 is 1.12 bits per heavy atom. The molecule has 2 rings (SSSR count). The van der Waals surface area contributed by atoms with Crippen molar-refractivity contribution < 1.29 is 33.0 Å². The summed E-state index contributed by atoms with van der Waals surface area (Å²) in [6, 6.07) is 7.02. The second kappa shape index (κ2) is 13.8. The van der Waals surface area contributed by atoms with Crippen LogP contribution in [-0.4, -0.2) is 56.0 Å². The number of nitrogens with one attached hydrogen (secondary N) is 2. The minimum atomic E-state index is -1.23. The normalized spacial score (nSPS) is 17.9. The summed E-state index contributed by atoms with van der Waals surface area (Å²) in [6.45, 7) is 2.97. The van der Waals surface area contributed by atoms with Gasteiger partial charge in [0.2, 0.25) is 5.91 Å². The van der Waals surface area contributed by atoms with Gasteiger partial charge in [-0.25, -0.2) is 9.18 Å². The van der Waals surface area contributed by atoms with Crippen molar-refractivity contribution in [2.45, 2.75) is 64.5 Å². The maximum atomic E-state index is 13.1. The first-order valence-corrected chi connectivity index (χ1v) is 11.0. The SMILES string of the molecule is CC(C)C[C@H](NC(=O)OCc1ccccc1)C(=O)NC(COC1CCCCO1)C(=O)CF. The number of halogens is 1. The quantitative estimate of drug-likeness (QED) is 0.506. The van der Waals surface area contributed by atoms with Gasteiger partial charge in [-0.15, -0.1) is 0 Å². The Hall–Kier alpha value is -2.52. The largest absolute Gasteiger partial charge is 0.445 e. The van der Waals surface area contributed by atoms with Crippen LogP contribution in [0.15, 0.2) is 30.3 Å². The van der Waals surface area contributed by atoms with Gasteiger partial charge in [-0.2, -0.15) is 0 Å². The maximum Gasteiger partial charge on any atom is 0.408 e. The van der Waals surface area contributed by atoms with Gasteiger partial charge in [0.05, 0.1) is 6.61 Å². The number of carbonyl (C=O) groups is 3. The second-order valence-electron chi connectivity index (χ2n) is 8.18. The molecule has 9 heteroatoms. The fourth-order valence-electron chi connectivity index (χ4n) is 3.24. The van der Waals surface area contributed by atoms with E-state index < -0.39 is 42.8 Å². The highest BCUT2D eigenvalue weighted by atomic mass is 19.1. The van der Waals surface area contributed by atoms with E-state index in [0.717, 1.165) is 18.4 Å². The number of alkyl halides is 1. The molecule has 0 saturated carbocycles. The number of ketones is 1. The van der Waals surface area contributed by atoms with Crippen molar-refractivity contribution in [3.63, 3.8) is 0 Å². The average Bonchev–Trinajstić information content (AvgIpc) is 2.80. The molecule has 2 amide bonds. The zero-order valence-electron chi connectivity index (χ0n) is 18.7. The number of hydrogen-bond acceptors (Lipinski definition) is 6. The standard InChI is InChI=1S/C23H33FN2O6/c1-16(2)12-18(26-23(29)32-14-17-8-4-3-5-9-17)22(28)25-19(20(27)13-24)15-31-21-10-6-7-11-30-21/h3-5,8-9,16,18-19,21H,6-7,10-15H2,1-2H3,(H,25,28)(H,26,29)/t18-,19?,21?/m0/s1. The van der Waals surface area contributed by atoms with Crippen molar-refractivity contribution in [1.29, 1.82) is 0 Å². The van der Waals surface area contributed by atoms with E-state index in [4.69, 9.17) is 14.2 Å². The minimum Gasteiger partial charge on any atom is -0.445 e. The Morgan fingerprint density at radius 3 is 2.50 bits per heavy atom. The van der Waals surface area contributed by atoms with Crippen LogP contribution in [0.2, 0.25) is 0 Å². The first-order valence-electron chi connectivity index (χ1n) is 11.0. The molecule has 0 spiro atoms. The Bertz CT molecular complexity index is 724. The molecule has 2 unspecified atom stereocenters. The Balaban J connectivity index is 1.93. The molecular weight excluding hydrogens is 419 g/mol. The zero-order valence-corrected chi connectivity index (χ0v) is 18.7. The van der Waals surface area contributed by atoms with Gasteiger partial charge in [0.15, 0.2) is 12.1 Å². The van der Waals surface area contributed by atoms with E-state index in [-0.39, 0.29) is 19.1 Å². The van der Waals surface area contributed by atoms with Gasteiger partial charge in [0, 0.05) is 6.61 Å². The molecule has 32 heavy (non-hydrogen) atoms. The molecule has 0 aromatic heterocycles. The van der Waals surface area contributed by atoms with Crippen molar-refractivity contribution in [3.8, 4) is 0 Å². The summed E-state index contributed by atoms with van der Waals surface area (Å²) in [5.41, 5.74) is 0.809. The lowest BCUT2D eigenvalue weighted by atomic mass is 10.0. The molecule has 1 aromatic rings. The summed E-state index contributed by atoms with van der Waals surface area (Å²) in [4.78, 5) is 37.1. The predicted octanol–water partition coefficient (Wildman–Crippen LogP) is 2.89. The number of Topliss-reactive ketones (excluding diaryl/α,β-unsaturated/α-hetero) is 1. The number of rotatable bonds is 12. The summed E-state index contributed by atoms with van der Waals surface area (Å²) in [6.07, 6.45) is 1.63. The van der Waals surface area contributed by atoms with E-state index in [1.54, 1.807) is 0 Å². The molecule has 1 heterocycles. The zero-order chi connectivity index (χ0) is 23.3. The molecule has 1 aromatic carbocycles. The highest BCUT2D eigenvalue weighted by Gasteiger charge is 2.29. The molecule has 8 nitrogen and oxygen atoms in total. The molecule has 0 bridgehead atoms. The van der Waals surface area contributed by atoms with Crippen LogP contribution in [-0.2, 0) is 30.4 Å². The third kappa shape index (κ3) is 9.32. The van der Waals surface area contributed by atoms with E-state index >= 15 is 0 Å². The molecule has 1 aliphatic rings. The molecule has 0 aliphatic carbocycles. The number of amides is 2. The van der Waals surface area contributed by atoms with E-state index in [1.165, 1.54) is 0 Å². The molecule has 1 saturated heterocycles. The maximum absolute atomic E-state index is 13.1. The van der Waals surface area contributed by atoms with Gasteiger partial charge in [0.25, 0.3) is 0 Å². The fourth-order valence-corrected chi connectivity index (χ4v) is 3.24. The first kappa shape index (κ1) is 25.7. The minimum absolute atomic E-state index is 0.0564. The van der Waals surface area contributed by atoms with E-state index in [1.807, 2.05) is 44.2 Å². The van der Waals surface area contributed by atoms with Gasteiger partial charge in [0.1, 0.15) is 25.4 Å². The van der Waals surface area contributed by atoms with Crippen LogP contribution >= 0.6 is 0 Å². The topological polar surface area (TPSA) is 103 Å². The van der Waals surface area contributed by atoms with Gasteiger partial charge in [-0.05, 0) is 37.2 Å². The summed E-state index contributed by atoms with van der Waals surface area (Å²) in [5, 5.41) is 5.06. The summed E-state index contributed by atoms with van der Waals surface area (Å²) in [7, 11) is 0.